The Morgan fingerprint density at radius 3 is 2.58 bits per heavy atom. The van der Waals surface area contributed by atoms with E-state index in [0.29, 0.717) is 5.56 Å². The Balaban J connectivity index is 1.97. The lowest BCUT2D eigenvalue weighted by Crippen LogP contribution is -2.17. The smallest absolute Gasteiger partial charge is 0.126 e. The molecular weight excluding hydrogens is 244 g/mol. The van der Waals surface area contributed by atoms with Crippen LogP contribution in [0, 0.1) is 11.6 Å². The first-order valence-corrected chi connectivity index (χ1v) is 6.49. The van der Waals surface area contributed by atoms with Crippen molar-refractivity contribution in [2.45, 2.75) is 18.4 Å². The van der Waals surface area contributed by atoms with Gasteiger partial charge in [-0.15, -0.1) is 0 Å². The molecule has 2 aromatic carbocycles. The molecule has 3 heteroatoms. The van der Waals surface area contributed by atoms with Crippen LogP contribution in [0.25, 0.3) is 0 Å². The van der Waals surface area contributed by atoms with E-state index in [9.17, 15) is 8.78 Å². The fourth-order valence-corrected chi connectivity index (χ4v) is 2.85. The summed E-state index contributed by atoms with van der Waals surface area (Å²) in [7, 11) is 0. The molecule has 2 unspecified atom stereocenters. The van der Waals surface area contributed by atoms with Crippen LogP contribution in [0.15, 0.2) is 48.5 Å². The zero-order chi connectivity index (χ0) is 13.2. The van der Waals surface area contributed by atoms with Gasteiger partial charge in [0.25, 0.3) is 0 Å². The lowest BCUT2D eigenvalue weighted by molar-refractivity contribution is 0.524. The SMILES string of the molecule is Fc1ccc(F)c(C2CCNC2c2ccccc2)c1. The standard InChI is InChI=1S/C16H15F2N/c17-12-6-7-15(18)14(10-12)13-8-9-19-16(13)11-4-2-1-3-5-11/h1-7,10,13,16,19H,8-9H2. The minimum Gasteiger partial charge on any atom is -0.309 e. The molecule has 1 saturated heterocycles. The minimum atomic E-state index is -0.380. The monoisotopic (exact) mass is 259 g/mol. The lowest BCUT2D eigenvalue weighted by Gasteiger charge is -2.21. The molecule has 2 atom stereocenters. The van der Waals surface area contributed by atoms with E-state index in [0.717, 1.165) is 18.5 Å². The van der Waals surface area contributed by atoms with Crippen molar-refractivity contribution in [3.05, 3.63) is 71.3 Å². The van der Waals surface area contributed by atoms with Gasteiger partial charge >= 0.3 is 0 Å². The van der Waals surface area contributed by atoms with Crippen LogP contribution in [0.4, 0.5) is 8.78 Å². The van der Waals surface area contributed by atoms with E-state index in [1.54, 1.807) is 0 Å². The van der Waals surface area contributed by atoms with Crippen molar-refractivity contribution in [1.29, 1.82) is 0 Å². The Morgan fingerprint density at radius 2 is 1.79 bits per heavy atom. The highest BCUT2D eigenvalue weighted by atomic mass is 19.1. The van der Waals surface area contributed by atoms with Gasteiger partial charge in [0.15, 0.2) is 0 Å². The summed E-state index contributed by atoms with van der Waals surface area (Å²) < 4.78 is 27.3. The summed E-state index contributed by atoms with van der Waals surface area (Å²) in [6, 6.07) is 13.7. The predicted molar refractivity (Wildman–Crippen MR) is 70.9 cm³/mol. The molecule has 0 radical (unpaired) electrons. The molecule has 3 rings (SSSR count). The maximum Gasteiger partial charge on any atom is 0.126 e. The molecule has 19 heavy (non-hydrogen) atoms. The molecule has 0 bridgehead atoms. The zero-order valence-corrected chi connectivity index (χ0v) is 10.4. The second kappa shape index (κ2) is 5.10. The number of hydrogen-bond acceptors (Lipinski definition) is 1. The number of nitrogens with one attached hydrogen (secondary N) is 1. The first kappa shape index (κ1) is 12.3. The third kappa shape index (κ3) is 2.38. The fourth-order valence-electron chi connectivity index (χ4n) is 2.85. The highest BCUT2D eigenvalue weighted by Gasteiger charge is 2.31. The summed E-state index contributed by atoms with van der Waals surface area (Å²) in [6.45, 7) is 0.820. The van der Waals surface area contributed by atoms with E-state index in [1.807, 2.05) is 30.3 Å². The van der Waals surface area contributed by atoms with E-state index < -0.39 is 0 Å². The van der Waals surface area contributed by atoms with Crippen molar-refractivity contribution in [2.75, 3.05) is 6.54 Å². The van der Waals surface area contributed by atoms with Gasteiger partial charge in [-0.2, -0.15) is 0 Å². The van der Waals surface area contributed by atoms with Crippen LogP contribution >= 0.6 is 0 Å². The molecule has 0 amide bonds. The minimum absolute atomic E-state index is 0.0156. The molecule has 1 heterocycles. The number of halogens is 2. The third-order valence-corrected chi connectivity index (χ3v) is 3.74. The highest BCUT2D eigenvalue weighted by Crippen LogP contribution is 2.38. The average molecular weight is 259 g/mol. The van der Waals surface area contributed by atoms with E-state index in [2.05, 4.69) is 5.32 Å². The Hall–Kier alpha value is -1.74. The Kier molecular flexibility index (Phi) is 3.30. The number of benzene rings is 2. The van der Waals surface area contributed by atoms with E-state index in [4.69, 9.17) is 0 Å². The molecule has 1 aliphatic heterocycles. The predicted octanol–water partition coefficient (Wildman–Crippen LogP) is 3.78. The van der Waals surface area contributed by atoms with Crippen LogP contribution in [0.2, 0.25) is 0 Å². The quantitative estimate of drug-likeness (QED) is 0.865. The molecule has 0 saturated carbocycles. The zero-order valence-electron chi connectivity index (χ0n) is 10.4. The van der Waals surface area contributed by atoms with Crippen molar-refractivity contribution < 1.29 is 8.78 Å². The average Bonchev–Trinajstić information content (AvgIpc) is 2.91. The molecule has 1 nitrogen and oxygen atoms in total. The van der Waals surface area contributed by atoms with Crippen LogP contribution in [-0.4, -0.2) is 6.54 Å². The van der Waals surface area contributed by atoms with Gasteiger partial charge in [0.2, 0.25) is 0 Å². The Labute approximate surface area is 111 Å². The van der Waals surface area contributed by atoms with Crippen LogP contribution in [0.1, 0.15) is 29.5 Å². The summed E-state index contributed by atoms with van der Waals surface area (Å²) >= 11 is 0. The summed E-state index contributed by atoms with van der Waals surface area (Å²) in [5.74, 6) is -0.718. The number of rotatable bonds is 2. The van der Waals surface area contributed by atoms with Crippen molar-refractivity contribution >= 4 is 0 Å². The fraction of sp³-hybridized carbons (Fsp3) is 0.250. The number of hydrogen-bond donors (Lipinski definition) is 1. The van der Waals surface area contributed by atoms with Crippen molar-refractivity contribution in [1.82, 2.24) is 5.32 Å². The van der Waals surface area contributed by atoms with Crippen molar-refractivity contribution in [2.24, 2.45) is 0 Å². The maximum atomic E-state index is 13.9. The van der Waals surface area contributed by atoms with E-state index >= 15 is 0 Å². The van der Waals surface area contributed by atoms with Gasteiger partial charge in [-0.3, -0.25) is 0 Å². The molecule has 1 N–H and O–H groups in total. The van der Waals surface area contributed by atoms with Gasteiger partial charge in [0.05, 0.1) is 0 Å². The molecule has 0 spiro atoms. The van der Waals surface area contributed by atoms with Crippen LogP contribution in [0.3, 0.4) is 0 Å². The second-order valence-electron chi connectivity index (χ2n) is 4.90. The topological polar surface area (TPSA) is 12.0 Å². The van der Waals surface area contributed by atoms with Gasteiger partial charge in [-0.1, -0.05) is 30.3 Å². The maximum absolute atomic E-state index is 13.9. The van der Waals surface area contributed by atoms with Gasteiger partial charge in [0.1, 0.15) is 11.6 Å². The van der Waals surface area contributed by atoms with Gasteiger partial charge in [0, 0.05) is 12.0 Å². The summed E-state index contributed by atoms with van der Waals surface area (Å²) in [5.41, 5.74) is 1.59. The third-order valence-electron chi connectivity index (χ3n) is 3.74. The van der Waals surface area contributed by atoms with Crippen LogP contribution < -0.4 is 5.32 Å². The van der Waals surface area contributed by atoms with E-state index in [-0.39, 0.29) is 23.6 Å². The van der Waals surface area contributed by atoms with Gasteiger partial charge < -0.3 is 5.32 Å². The molecule has 1 aliphatic rings. The first-order valence-electron chi connectivity index (χ1n) is 6.49. The molecule has 0 aliphatic carbocycles. The normalized spacial score (nSPS) is 22.6. The first-order chi connectivity index (χ1) is 9.25. The van der Waals surface area contributed by atoms with Crippen LogP contribution in [-0.2, 0) is 0 Å². The van der Waals surface area contributed by atoms with Gasteiger partial charge in [-0.25, -0.2) is 8.78 Å². The summed E-state index contributed by atoms with van der Waals surface area (Å²) in [5, 5.41) is 3.38. The van der Waals surface area contributed by atoms with Crippen molar-refractivity contribution in [3.63, 3.8) is 0 Å². The van der Waals surface area contributed by atoms with Crippen molar-refractivity contribution in [3.8, 4) is 0 Å². The Morgan fingerprint density at radius 1 is 1.00 bits per heavy atom. The molecule has 1 fully saturated rings. The molecule has 0 aromatic heterocycles. The lowest BCUT2D eigenvalue weighted by atomic mass is 9.87. The summed E-state index contributed by atoms with van der Waals surface area (Å²) in [6.07, 6.45) is 0.819. The molecular formula is C16H15F2N. The highest BCUT2D eigenvalue weighted by molar-refractivity contribution is 5.31. The van der Waals surface area contributed by atoms with E-state index in [1.165, 1.54) is 18.2 Å². The van der Waals surface area contributed by atoms with Crippen LogP contribution in [0.5, 0.6) is 0 Å². The Bertz CT molecular complexity index is 568. The molecule has 98 valence electrons. The summed E-state index contributed by atoms with van der Waals surface area (Å²) in [4.78, 5) is 0. The largest absolute Gasteiger partial charge is 0.309 e. The second-order valence-corrected chi connectivity index (χ2v) is 4.90. The van der Waals surface area contributed by atoms with Gasteiger partial charge in [-0.05, 0) is 42.3 Å². The molecule has 2 aromatic rings.